The molecule has 1 aromatic rings. The fourth-order valence-corrected chi connectivity index (χ4v) is 1.93. The van der Waals surface area contributed by atoms with Gasteiger partial charge in [0.2, 0.25) is 5.91 Å². The molecule has 0 aliphatic carbocycles. The van der Waals surface area contributed by atoms with Crippen LogP contribution in [0.5, 0.6) is 5.75 Å². The summed E-state index contributed by atoms with van der Waals surface area (Å²) in [7, 11) is 1.35. The molecule has 0 aliphatic rings. The van der Waals surface area contributed by atoms with Gasteiger partial charge in [-0.05, 0) is 22.0 Å². The van der Waals surface area contributed by atoms with Crippen molar-refractivity contribution in [2.45, 2.75) is 6.92 Å². The normalized spacial score (nSPS) is 9.88. The summed E-state index contributed by atoms with van der Waals surface area (Å²) in [6.07, 6.45) is 0. The minimum atomic E-state index is -1.21. The Balaban J connectivity index is 3.54. The first kappa shape index (κ1) is 13.8. The Labute approximate surface area is 111 Å². The molecule has 0 fully saturated rings. The Bertz CT molecular complexity index is 490. The Morgan fingerprint density at radius 2 is 2.12 bits per heavy atom. The minimum absolute atomic E-state index is 0.0729. The van der Waals surface area contributed by atoms with E-state index in [1.54, 1.807) is 0 Å². The molecule has 0 saturated carbocycles. The molecule has 1 amide bonds. The number of aromatic carboxylic acids is 1. The van der Waals surface area contributed by atoms with E-state index in [9.17, 15) is 9.59 Å². The van der Waals surface area contributed by atoms with Crippen LogP contribution in [-0.2, 0) is 4.79 Å². The van der Waals surface area contributed by atoms with Crippen molar-refractivity contribution in [3.63, 3.8) is 0 Å². The van der Waals surface area contributed by atoms with E-state index in [1.165, 1.54) is 20.1 Å². The van der Waals surface area contributed by atoms with Crippen molar-refractivity contribution in [3.05, 3.63) is 21.1 Å². The van der Waals surface area contributed by atoms with E-state index in [0.29, 0.717) is 4.47 Å². The summed E-state index contributed by atoms with van der Waals surface area (Å²) in [5.41, 5.74) is -0.0611. The maximum atomic E-state index is 11.1. The molecule has 0 aliphatic heterocycles. The summed E-state index contributed by atoms with van der Waals surface area (Å²) in [6.45, 7) is 1.27. The van der Waals surface area contributed by atoms with Gasteiger partial charge < -0.3 is 15.2 Å². The molecule has 0 spiro atoms. The van der Waals surface area contributed by atoms with Crippen LogP contribution in [0.4, 0.5) is 5.69 Å². The van der Waals surface area contributed by atoms with Crippen LogP contribution in [0, 0.1) is 0 Å². The van der Waals surface area contributed by atoms with Gasteiger partial charge in [0.05, 0.1) is 27.9 Å². The number of carboxylic acid groups (broad SMARTS) is 1. The Morgan fingerprint density at radius 3 is 2.53 bits per heavy atom. The highest BCUT2D eigenvalue weighted by Gasteiger charge is 2.21. The second-order valence-corrected chi connectivity index (χ2v) is 4.31. The SMILES string of the molecule is COc1c(Br)c(Cl)cc(C(=O)O)c1NC(C)=O. The number of anilines is 1. The molecule has 92 valence electrons. The molecule has 17 heavy (non-hydrogen) atoms. The largest absolute Gasteiger partial charge is 0.493 e. The van der Waals surface area contributed by atoms with Crippen LogP contribution in [0.1, 0.15) is 17.3 Å². The number of methoxy groups -OCH3 is 1. The number of carbonyl (C=O) groups excluding carboxylic acids is 1. The molecule has 1 aromatic carbocycles. The number of amides is 1. The number of hydrogen-bond donors (Lipinski definition) is 2. The minimum Gasteiger partial charge on any atom is -0.493 e. The number of rotatable bonds is 3. The Morgan fingerprint density at radius 1 is 1.53 bits per heavy atom. The highest BCUT2D eigenvalue weighted by Crippen LogP contribution is 2.41. The monoisotopic (exact) mass is 321 g/mol. The lowest BCUT2D eigenvalue weighted by atomic mass is 10.1. The predicted octanol–water partition coefficient (Wildman–Crippen LogP) is 2.77. The third kappa shape index (κ3) is 2.89. The number of carboxylic acids is 1. The van der Waals surface area contributed by atoms with E-state index >= 15 is 0 Å². The summed E-state index contributed by atoms with van der Waals surface area (Å²) < 4.78 is 5.42. The zero-order valence-corrected chi connectivity index (χ0v) is 11.3. The molecule has 0 saturated heterocycles. The average Bonchev–Trinajstić information content (AvgIpc) is 2.22. The van der Waals surface area contributed by atoms with Crippen LogP contribution in [0.3, 0.4) is 0 Å². The van der Waals surface area contributed by atoms with Gasteiger partial charge in [-0.2, -0.15) is 0 Å². The highest BCUT2D eigenvalue weighted by atomic mass is 79.9. The van der Waals surface area contributed by atoms with Gasteiger partial charge in [-0.3, -0.25) is 4.79 Å². The summed E-state index contributed by atoms with van der Waals surface area (Å²) in [5, 5.41) is 11.6. The zero-order valence-electron chi connectivity index (χ0n) is 9.01. The van der Waals surface area contributed by atoms with Gasteiger partial charge in [0.25, 0.3) is 0 Å². The standard InChI is InChI=1S/C10H9BrClNO4/c1-4(14)13-8-5(10(15)16)3-6(12)7(11)9(8)17-2/h3H,1-2H3,(H,13,14)(H,15,16). The van der Waals surface area contributed by atoms with Crippen LogP contribution in [0.15, 0.2) is 10.5 Å². The molecular formula is C10H9BrClNO4. The van der Waals surface area contributed by atoms with Crippen molar-refractivity contribution >= 4 is 45.1 Å². The molecule has 2 N–H and O–H groups in total. The summed E-state index contributed by atoms with van der Waals surface area (Å²) in [4.78, 5) is 22.1. The number of ether oxygens (including phenoxy) is 1. The number of nitrogens with one attached hydrogen (secondary N) is 1. The van der Waals surface area contributed by atoms with Gasteiger partial charge in [0.1, 0.15) is 0 Å². The maximum absolute atomic E-state index is 11.1. The maximum Gasteiger partial charge on any atom is 0.338 e. The third-order valence-corrected chi connectivity index (χ3v) is 3.23. The third-order valence-electron chi connectivity index (χ3n) is 1.91. The predicted molar refractivity (Wildman–Crippen MR) is 67.0 cm³/mol. The molecule has 0 bridgehead atoms. The van der Waals surface area contributed by atoms with E-state index in [0.717, 1.165) is 0 Å². The number of hydrogen-bond acceptors (Lipinski definition) is 3. The van der Waals surface area contributed by atoms with Crippen molar-refractivity contribution in [1.82, 2.24) is 0 Å². The quantitative estimate of drug-likeness (QED) is 0.897. The molecule has 0 radical (unpaired) electrons. The van der Waals surface area contributed by atoms with Gasteiger partial charge in [-0.25, -0.2) is 4.79 Å². The number of carbonyl (C=O) groups is 2. The van der Waals surface area contributed by atoms with E-state index in [-0.39, 0.29) is 22.0 Å². The topological polar surface area (TPSA) is 75.6 Å². The van der Waals surface area contributed by atoms with Crippen LogP contribution < -0.4 is 10.1 Å². The van der Waals surface area contributed by atoms with Gasteiger partial charge in [-0.1, -0.05) is 11.6 Å². The van der Waals surface area contributed by atoms with Crippen LogP contribution in [0.25, 0.3) is 0 Å². The van der Waals surface area contributed by atoms with Crippen molar-refractivity contribution in [2.24, 2.45) is 0 Å². The first-order valence-corrected chi connectivity index (χ1v) is 5.62. The first-order chi connectivity index (χ1) is 7.88. The summed E-state index contributed by atoms with van der Waals surface area (Å²) in [6, 6.07) is 1.24. The van der Waals surface area contributed by atoms with Gasteiger partial charge in [0.15, 0.2) is 5.75 Å². The van der Waals surface area contributed by atoms with Crippen molar-refractivity contribution in [1.29, 1.82) is 0 Å². The van der Waals surface area contributed by atoms with E-state index in [1.807, 2.05) is 0 Å². The molecule has 7 heteroatoms. The smallest absolute Gasteiger partial charge is 0.338 e. The van der Waals surface area contributed by atoms with Gasteiger partial charge >= 0.3 is 5.97 Å². The molecule has 0 heterocycles. The number of benzene rings is 1. The Hall–Kier alpha value is -1.27. The molecule has 0 aromatic heterocycles. The second-order valence-electron chi connectivity index (χ2n) is 3.11. The average molecular weight is 323 g/mol. The summed E-state index contributed by atoms with van der Waals surface area (Å²) in [5.74, 6) is -1.44. The number of halogens is 2. The zero-order chi connectivity index (χ0) is 13.2. The van der Waals surface area contributed by atoms with Crippen molar-refractivity contribution < 1.29 is 19.4 Å². The molecule has 5 nitrogen and oxygen atoms in total. The highest BCUT2D eigenvalue weighted by molar-refractivity contribution is 9.10. The van der Waals surface area contributed by atoms with E-state index < -0.39 is 11.9 Å². The lowest BCUT2D eigenvalue weighted by Crippen LogP contribution is -2.12. The molecule has 1 rings (SSSR count). The van der Waals surface area contributed by atoms with Gasteiger partial charge in [0, 0.05) is 6.92 Å². The molecular weight excluding hydrogens is 313 g/mol. The first-order valence-electron chi connectivity index (χ1n) is 4.45. The lowest BCUT2D eigenvalue weighted by molar-refractivity contribution is -0.114. The van der Waals surface area contributed by atoms with Crippen LogP contribution >= 0.6 is 27.5 Å². The molecule has 0 atom stereocenters. The van der Waals surface area contributed by atoms with E-state index in [4.69, 9.17) is 21.4 Å². The van der Waals surface area contributed by atoms with Gasteiger partial charge in [-0.15, -0.1) is 0 Å². The summed E-state index contributed by atoms with van der Waals surface area (Å²) >= 11 is 9.01. The fourth-order valence-electron chi connectivity index (χ4n) is 1.26. The van der Waals surface area contributed by atoms with E-state index in [2.05, 4.69) is 21.2 Å². The Kier molecular flexibility index (Phi) is 4.36. The van der Waals surface area contributed by atoms with Crippen LogP contribution in [-0.4, -0.2) is 24.1 Å². The molecule has 0 unspecified atom stereocenters. The fraction of sp³-hybridized carbons (Fsp3) is 0.200. The van der Waals surface area contributed by atoms with Crippen LogP contribution in [0.2, 0.25) is 5.02 Å². The lowest BCUT2D eigenvalue weighted by Gasteiger charge is -2.14. The second kappa shape index (κ2) is 5.37. The van der Waals surface area contributed by atoms with Crippen molar-refractivity contribution in [2.75, 3.05) is 12.4 Å². The van der Waals surface area contributed by atoms with Crippen molar-refractivity contribution in [3.8, 4) is 5.75 Å².